The van der Waals surface area contributed by atoms with Gasteiger partial charge >= 0.3 is 0 Å². The average Bonchev–Trinajstić information content (AvgIpc) is 2.31. The van der Waals surface area contributed by atoms with Crippen molar-refractivity contribution in [2.24, 2.45) is 0 Å². The van der Waals surface area contributed by atoms with Crippen LogP contribution in [0.2, 0.25) is 0 Å². The minimum atomic E-state index is -0.803. The van der Waals surface area contributed by atoms with Gasteiger partial charge in [0.1, 0.15) is 0 Å². The summed E-state index contributed by atoms with van der Waals surface area (Å²) in [6.07, 6.45) is 0.637. The molecule has 0 bridgehead atoms. The maximum absolute atomic E-state index is 10.4. The Bertz CT molecular complexity index is 432. The Kier molecular flexibility index (Phi) is 3.07. The first kappa shape index (κ1) is 10.9. The Balaban J connectivity index is 2.21. The van der Waals surface area contributed by atoms with Crippen LogP contribution in [-0.2, 0) is 12.0 Å². The Morgan fingerprint density at radius 3 is 1.94 bits per heavy atom. The van der Waals surface area contributed by atoms with Gasteiger partial charge in [0.15, 0.2) is 0 Å². The summed E-state index contributed by atoms with van der Waals surface area (Å²) in [5.74, 6) is 0. The van der Waals surface area contributed by atoms with Gasteiger partial charge < -0.3 is 5.11 Å². The molecule has 0 heterocycles. The average molecular weight is 218 g/mol. The van der Waals surface area contributed by atoms with Crippen molar-refractivity contribution in [3.8, 4) is 0 Å². The van der Waals surface area contributed by atoms with Crippen molar-refractivity contribution in [3.63, 3.8) is 0 Å². The minimum absolute atomic E-state index is 0.637. The van der Waals surface area contributed by atoms with Crippen LogP contribution in [0.1, 0.15) is 18.1 Å². The molecule has 1 atom stereocenters. The van der Waals surface area contributed by atoms with Crippen molar-refractivity contribution in [1.29, 1.82) is 0 Å². The first-order valence-electron chi connectivity index (χ1n) is 5.50. The Hall–Kier alpha value is -1.60. The number of aliphatic hydroxyl groups is 1. The van der Waals surface area contributed by atoms with E-state index in [1.165, 1.54) is 0 Å². The molecule has 0 saturated heterocycles. The molecule has 0 aliphatic heterocycles. The fraction of sp³-hybridized carbons (Fsp3) is 0.200. The molecule has 0 aromatic heterocycles. The van der Waals surface area contributed by atoms with E-state index in [2.05, 4.69) is 0 Å². The van der Waals surface area contributed by atoms with Crippen molar-refractivity contribution in [2.45, 2.75) is 18.9 Å². The second kappa shape index (κ2) is 4.50. The van der Waals surface area contributed by atoms with Gasteiger partial charge in [0.05, 0.1) is 5.60 Å². The molecule has 16 heavy (non-hydrogen) atoms. The fourth-order valence-electron chi connectivity index (χ4n) is 1.89. The summed E-state index contributed by atoms with van der Waals surface area (Å²) in [7, 11) is 0. The molecule has 1 unspecified atom stereocenters. The van der Waals surface area contributed by atoms with E-state index in [-0.39, 0.29) is 0 Å². The van der Waals surface area contributed by atoms with E-state index in [1.54, 1.807) is 0 Å². The molecule has 2 aromatic rings. The summed E-state index contributed by atoms with van der Waals surface area (Å²) in [4.78, 5) is 0. The van der Waals surface area contributed by atoms with E-state index in [0.29, 0.717) is 6.42 Å². The van der Waals surface area contributed by atoms with Crippen LogP contribution in [0.25, 0.3) is 0 Å². The zero-order valence-corrected chi connectivity index (χ0v) is 9.43. The van der Waals surface area contributed by atoms with Gasteiger partial charge in [-0.1, -0.05) is 60.7 Å². The molecule has 1 heteroatoms. The van der Waals surface area contributed by atoms with Crippen molar-refractivity contribution in [1.82, 2.24) is 0 Å². The summed E-state index contributed by atoms with van der Waals surface area (Å²) < 4.78 is 0. The standard InChI is InChI=1S/C15H16O/c1-15(16,14-10-6-3-7-11-14)12-13-8-4-2-5-9-13/h2-11,16H,12H2,1H3/i3+1,6+1,7+1,10+1,11+1,14+1. The van der Waals surface area contributed by atoms with E-state index in [1.807, 2.05) is 67.6 Å². The van der Waals surface area contributed by atoms with Gasteiger partial charge in [-0.3, -0.25) is 0 Å². The molecular weight excluding hydrogens is 202 g/mol. The maximum Gasteiger partial charge on any atom is 0.0908 e. The lowest BCUT2D eigenvalue weighted by Gasteiger charge is -2.23. The molecule has 0 amide bonds. The van der Waals surface area contributed by atoms with Gasteiger partial charge in [-0.15, -0.1) is 0 Å². The SMILES string of the molecule is CC(O)(Cc1ccccc1)[13c]1[13cH][13cH][13cH][13cH][13cH]1. The highest BCUT2D eigenvalue weighted by Gasteiger charge is 2.22. The van der Waals surface area contributed by atoms with E-state index in [9.17, 15) is 5.11 Å². The number of benzene rings is 2. The van der Waals surface area contributed by atoms with Crippen LogP contribution in [0.4, 0.5) is 0 Å². The Morgan fingerprint density at radius 1 is 0.875 bits per heavy atom. The van der Waals surface area contributed by atoms with E-state index in [0.717, 1.165) is 11.1 Å². The van der Waals surface area contributed by atoms with Crippen LogP contribution >= 0.6 is 0 Å². The molecule has 82 valence electrons. The molecule has 2 aromatic carbocycles. The highest BCUT2D eigenvalue weighted by atomic mass is 16.3. The smallest absolute Gasteiger partial charge is 0.0908 e. The fourth-order valence-corrected chi connectivity index (χ4v) is 1.89. The summed E-state index contributed by atoms with van der Waals surface area (Å²) in [6.45, 7) is 1.86. The normalized spacial score (nSPS) is 14.4. The quantitative estimate of drug-likeness (QED) is 0.839. The van der Waals surface area contributed by atoms with Gasteiger partial charge in [-0.05, 0) is 18.1 Å². The van der Waals surface area contributed by atoms with Crippen LogP contribution in [0.5, 0.6) is 0 Å². The van der Waals surface area contributed by atoms with Gasteiger partial charge in [0.2, 0.25) is 0 Å². The third kappa shape index (κ3) is 2.50. The highest BCUT2D eigenvalue weighted by Crippen LogP contribution is 2.24. The topological polar surface area (TPSA) is 20.2 Å². The van der Waals surface area contributed by atoms with Crippen molar-refractivity contribution in [2.75, 3.05) is 0 Å². The third-order valence-corrected chi connectivity index (χ3v) is 2.79. The van der Waals surface area contributed by atoms with Gasteiger partial charge in [-0.2, -0.15) is 0 Å². The van der Waals surface area contributed by atoms with E-state index < -0.39 is 5.60 Å². The number of rotatable bonds is 3. The van der Waals surface area contributed by atoms with Crippen molar-refractivity contribution >= 4 is 0 Å². The minimum Gasteiger partial charge on any atom is -0.385 e. The first-order chi connectivity index (χ1) is 7.68. The molecule has 0 aliphatic carbocycles. The first-order valence-corrected chi connectivity index (χ1v) is 5.50. The van der Waals surface area contributed by atoms with Gasteiger partial charge in [0.25, 0.3) is 0 Å². The predicted octanol–water partition coefficient (Wildman–Crippen LogP) is 3.14. The Morgan fingerprint density at radius 2 is 1.38 bits per heavy atom. The lowest BCUT2D eigenvalue weighted by atomic mass is 10.0. The van der Waals surface area contributed by atoms with E-state index in [4.69, 9.17) is 0 Å². The maximum atomic E-state index is 10.4. The number of hydrogen-bond donors (Lipinski definition) is 1. The van der Waals surface area contributed by atoms with Gasteiger partial charge in [0, 0.05) is 6.42 Å². The summed E-state index contributed by atoms with van der Waals surface area (Å²) >= 11 is 0. The zero-order chi connectivity index (χ0) is 11.4. The second-order valence-electron chi connectivity index (χ2n) is 4.30. The van der Waals surface area contributed by atoms with E-state index >= 15 is 0 Å². The molecule has 0 radical (unpaired) electrons. The Labute approximate surface area is 96.4 Å². The van der Waals surface area contributed by atoms with Crippen LogP contribution in [0, 0.1) is 0 Å². The molecule has 0 aliphatic rings. The molecule has 0 saturated carbocycles. The molecule has 1 N–H and O–H groups in total. The molecule has 2 rings (SSSR count). The van der Waals surface area contributed by atoms with Crippen LogP contribution < -0.4 is 0 Å². The predicted molar refractivity (Wildman–Crippen MR) is 66.2 cm³/mol. The molecule has 1 nitrogen and oxygen atoms in total. The summed E-state index contributed by atoms with van der Waals surface area (Å²) in [5, 5.41) is 10.4. The van der Waals surface area contributed by atoms with Crippen molar-refractivity contribution in [3.05, 3.63) is 71.8 Å². The largest absolute Gasteiger partial charge is 0.385 e. The summed E-state index contributed by atoms with van der Waals surface area (Å²) in [6, 6.07) is 19.8. The lowest BCUT2D eigenvalue weighted by Crippen LogP contribution is -2.24. The third-order valence-electron chi connectivity index (χ3n) is 2.79. The lowest BCUT2D eigenvalue weighted by molar-refractivity contribution is 0.0576. The number of hydrogen-bond acceptors (Lipinski definition) is 1. The molecule has 0 spiro atoms. The van der Waals surface area contributed by atoms with Crippen LogP contribution in [-0.4, -0.2) is 5.11 Å². The van der Waals surface area contributed by atoms with Crippen molar-refractivity contribution < 1.29 is 5.11 Å². The highest BCUT2D eigenvalue weighted by molar-refractivity contribution is 5.25. The second-order valence-corrected chi connectivity index (χ2v) is 4.30. The molecule has 0 fully saturated rings. The molecular formula is C15H16O. The zero-order valence-electron chi connectivity index (χ0n) is 9.43. The summed E-state index contributed by atoms with van der Waals surface area (Å²) in [5.41, 5.74) is 1.30. The van der Waals surface area contributed by atoms with Gasteiger partial charge in [-0.25, -0.2) is 0 Å². The van der Waals surface area contributed by atoms with Crippen LogP contribution in [0.3, 0.4) is 0 Å². The monoisotopic (exact) mass is 218 g/mol. The van der Waals surface area contributed by atoms with Crippen LogP contribution in [0.15, 0.2) is 60.7 Å².